The summed E-state index contributed by atoms with van der Waals surface area (Å²) in [4.78, 5) is 23.5. The summed E-state index contributed by atoms with van der Waals surface area (Å²) in [6.07, 6.45) is 5.09. The van der Waals surface area contributed by atoms with Crippen LogP contribution in [0, 0.1) is 12.3 Å². The van der Waals surface area contributed by atoms with Crippen LogP contribution < -0.4 is 20.4 Å². The summed E-state index contributed by atoms with van der Waals surface area (Å²) in [5.41, 5.74) is 0.242. The van der Waals surface area contributed by atoms with Crippen molar-refractivity contribution in [2.24, 2.45) is 0 Å². The Kier molecular flexibility index (Phi) is 4.69. The van der Waals surface area contributed by atoms with E-state index in [-0.39, 0.29) is 18.9 Å². The van der Waals surface area contributed by atoms with Crippen LogP contribution >= 0.6 is 0 Å². The Balaban J connectivity index is 2.56. The molecule has 114 valence electrons. The molecule has 1 N–H and O–H groups in total. The van der Waals surface area contributed by atoms with E-state index in [0.717, 1.165) is 0 Å². The molecule has 6 nitrogen and oxygen atoms in total. The van der Waals surface area contributed by atoms with Crippen LogP contribution in [0.25, 0.3) is 11.0 Å². The van der Waals surface area contributed by atoms with Gasteiger partial charge >= 0.3 is 5.63 Å². The smallest absolute Gasteiger partial charge is 0.336 e. The molecule has 0 aliphatic heterocycles. The van der Waals surface area contributed by atoms with Crippen LogP contribution in [0.2, 0.25) is 0 Å². The first-order valence-corrected chi connectivity index (χ1v) is 6.48. The fraction of sp³-hybridized carbons (Fsp3) is 0.250. The van der Waals surface area contributed by atoms with Crippen molar-refractivity contribution >= 4 is 16.9 Å². The number of nitrogens with one attached hydrogen (secondary N) is 1. The molecule has 1 aromatic heterocycles. The van der Waals surface area contributed by atoms with E-state index in [1.807, 2.05) is 0 Å². The van der Waals surface area contributed by atoms with Gasteiger partial charge in [0.05, 0.1) is 32.6 Å². The van der Waals surface area contributed by atoms with Gasteiger partial charge in [0.2, 0.25) is 5.91 Å². The van der Waals surface area contributed by atoms with Gasteiger partial charge in [-0.2, -0.15) is 0 Å². The first kappa shape index (κ1) is 15.4. The molecule has 1 heterocycles. The van der Waals surface area contributed by atoms with Gasteiger partial charge in [-0.15, -0.1) is 6.42 Å². The third-order valence-electron chi connectivity index (χ3n) is 3.06. The number of hydrogen-bond acceptors (Lipinski definition) is 5. The summed E-state index contributed by atoms with van der Waals surface area (Å²) >= 11 is 0. The number of ether oxygens (including phenoxy) is 2. The molecule has 6 heteroatoms. The van der Waals surface area contributed by atoms with E-state index in [1.54, 1.807) is 12.1 Å². The lowest BCUT2D eigenvalue weighted by Gasteiger charge is -2.11. The van der Waals surface area contributed by atoms with Gasteiger partial charge in [0.25, 0.3) is 0 Å². The van der Waals surface area contributed by atoms with E-state index in [2.05, 4.69) is 11.2 Å². The fourth-order valence-electron chi connectivity index (χ4n) is 2.12. The highest BCUT2D eigenvalue weighted by atomic mass is 16.5. The molecule has 0 radical (unpaired) electrons. The summed E-state index contributed by atoms with van der Waals surface area (Å²) in [5, 5.41) is 3.11. The topological polar surface area (TPSA) is 77.8 Å². The Bertz CT molecular complexity index is 801. The summed E-state index contributed by atoms with van der Waals surface area (Å²) < 4.78 is 15.6. The number of methoxy groups -OCH3 is 2. The highest BCUT2D eigenvalue weighted by Crippen LogP contribution is 2.32. The normalized spacial score (nSPS) is 10.0. The average Bonchev–Trinajstić information content (AvgIpc) is 2.51. The second-order valence-electron chi connectivity index (χ2n) is 4.45. The number of benzene rings is 1. The zero-order valence-electron chi connectivity index (χ0n) is 12.3. The molecule has 0 fully saturated rings. The summed E-state index contributed by atoms with van der Waals surface area (Å²) in [5.74, 6) is 2.97. The van der Waals surface area contributed by atoms with Crippen LogP contribution in [-0.2, 0) is 11.2 Å². The number of hydrogen-bond donors (Lipinski definition) is 1. The minimum atomic E-state index is -0.553. The molecule has 0 aliphatic carbocycles. The summed E-state index contributed by atoms with van der Waals surface area (Å²) in [7, 11) is 2.98. The monoisotopic (exact) mass is 301 g/mol. The van der Waals surface area contributed by atoms with Gasteiger partial charge in [-0.05, 0) is 5.56 Å². The zero-order valence-corrected chi connectivity index (χ0v) is 12.3. The second-order valence-corrected chi connectivity index (χ2v) is 4.45. The molecule has 0 bridgehead atoms. The molecule has 2 rings (SSSR count). The Hall–Kier alpha value is -2.94. The number of fused-ring (bicyclic) bond motifs is 1. The SMILES string of the molecule is C#CCNC(=O)Cc1cc(=O)oc2cc(OC)cc(OC)c12. The maximum Gasteiger partial charge on any atom is 0.336 e. The maximum atomic E-state index is 11.8. The molecule has 0 atom stereocenters. The Labute approximate surface area is 127 Å². The predicted molar refractivity (Wildman–Crippen MR) is 81.1 cm³/mol. The van der Waals surface area contributed by atoms with E-state index in [0.29, 0.717) is 28.0 Å². The number of carbonyl (C=O) groups is 1. The van der Waals surface area contributed by atoms with Crippen LogP contribution in [0.5, 0.6) is 11.5 Å². The van der Waals surface area contributed by atoms with Crippen molar-refractivity contribution in [3.8, 4) is 23.8 Å². The molecule has 1 amide bonds. The minimum absolute atomic E-state index is 0.00747. The standard InChI is InChI=1S/C16H15NO5/c1-4-5-17-14(18)6-10-7-15(19)22-13-9-11(20-2)8-12(21-3)16(10)13/h1,7-9H,5-6H2,2-3H3,(H,17,18). The molecule has 0 spiro atoms. The molecule has 22 heavy (non-hydrogen) atoms. The molecular weight excluding hydrogens is 286 g/mol. The first-order valence-electron chi connectivity index (χ1n) is 6.48. The number of amides is 1. The lowest BCUT2D eigenvalue weighted by atomic mass is 10.1. The molecule has 0 aliphatic rings. The van der Waals surface area contributed by atoms with Crippen molar-refractivity contribution < 1.29 is 18.7 Å². The van der Waals surface area contributed by atoms with Crippen molar-refractivity contribution in [3.63, 3.8) is 0 Å². The van der Waals surface area contributed by atoms with Gasteiger partial charge < -0.3 is 19.2 Å². The van der Waals surface area contributed by atoms with Gasteiger partial charge in [0, 0.05) is 18.2 Å². The minimum Gasteiger partial charge on any atom is -0.496 e. The molecular formula is C16H15NO5. The summed E-state index contributed by atoms with van der Waals surface area (Å²) in [6.45, 7) is 0.128. The Morgan fingerprint density at radius 1 is 1.32 bits per heavy atom. The largest absolute Gasteiger partial charge is 0.496 e. The molecule has 2 aromatic rings. The maximum absolute atomic E-state index is 11.8. The van der Waals surface area contributed by atoms with Gasteiger partial charge in [0.15, 0.2) is 0 Å². The van der Waals surface area contributed by atoms with Crippen LogP contribution in [0.1, 0.15) is 5.56 Å². The third kappa shape index (κ3) is 3.20. The van der Waals surface area contributed by atoms with Crippen LogP contribution in [0.4, 0.5) is 0 Å². The van der Waals surface area contributed by atoms with E-state index >= 15 is 0 Å². The van der Waals surface area contributed by atoms with Crippen molar-refractivity contribution in [3.05, 3.63) is 34.2 Å². The first-order chi connectivity index (χ1) is 10.6. The quantitative estimate of drug-likeness (QED) is 0.661. The second kappa shape index (κ2) is 6.68. The Morgan fingerprint density at radius 2 is 2.09 bits per heavy atom. The van der Waals surface area contributed by atoms with Crippen molar-refractivity contribution in [2.45, 2.75) is 6.42 Å². The third-order valence-corrected chi connectivity index (χ3v) is 3.06. The molecule has 0 saturated heterocycles. The molecule has 0 saturated carbocycles. The highest BCUT2D eigenvalue weighted by Gasteiger charge is 2.15. The zero-order chi connectivity index (χ0) is 16.1. The predicted octanol–water partition coefficient (Wildman–Crippen LogP) is 1.10. The van der Waals surface area contributed by atoms with Gasteiger partial charge in [0.1, 0.15) is 17.1 Å². The lowest BCUT2D eigenvalue weighted by Crippen LogP contribution is -2.25. The number of carbonyl (C=O) groups excluding carboxylic acids is 1. The van der Waals surface area contributed by atoms with Crippen molar-refractivity contribution in [2.75, 3.05) is 20.8 Å². The van der Waals surface area contributed by atoms with Gasteiger partial charge in [-0.1, -0.05) is 5.92 Å². The summed E-state index contributed by atoms with van der Waals surface area (Å²) in [6, 6.07) is 4.50. The highest BCUT2D eigenvalue weighted by molar-refractivity contribution is 5.92. The van der Waals surface area contributed by atoms with Crippen molar-refractivity contribution in [1.29, 1.82) is 0 Å². The van der Waals surface area contributed by atoms with E-state index in [4.69, 9.17) is 20.3 Å². The van der Waals surface area contributed by atoms with E-state index < -0.39 is 5.63 Å². The lowest BCUT2D eigenvalue weighted by molar-refractivity contribution is -0.120. The van der Waals surface area contributed by atoms with Crippen molar-refractivity contribution in [1.82, 2.24) is 5.32 Å². The fourth-order valence-corrected chi connectivity index (χ4v) is 2.12. The van der Waals surface area contributed by atoms with Crippen LogP contribution in [-0.4, -0.2) is 26.7 Å². The van der Waals surface area contributed by atoms with Crippen LogP contribution in [0.15, 0.2) is 27.4 Å². The molecule has 0 unspecified atom stereocenters. The number of rotatable bonds is 5. The molecule has 1 aromatic carbocycles. The Morgan fingerprint density at radius 3 is 2.73 bits per heavy atom. The van der Waals surface area contributed by atoms with Gasteiger partial charge in [-0.25, -0.2) is 4.79 Å². The van der Waals surface area contributed by atoms with E-state index in [9.17, 15) is 9.59 Å². The van der Waals surface area contributed by atoms with Crippen LogP contribution in [0.3, 0.4) is 0 Å². The average molecular weight is 301 g/mol. The number of terminal acetylenes is 1. The van der Waals surface area contributed by atoms with E-state index in [1.165, 1.54) is 20.3 Å². The van der Waals surface area contributed by atoms with Gasteiger partial charge in [-0.3, -0.25) is 4.79 Å².